The van der Waals surface area contributed by atoms with E-state index in [4.69, 9.17) is 10.8 Å². The second-order valence-electron chi connectivity index (χ2n) is 4.93. The van der Waals surface area contributed by atoms with Crippen LogP contribution in [0.3, 0.4) is 0 Å². The first-order valence-corrected chi connectivity index (χ1v) is 6.23. The molecule has 0 bridgehead atoms. The molecular weight excluding hydrogens is 204 g/mol. The lowest BCUT2D eigenvalue weighted by Gasteiger charge is -2.32. The molecule has 0 aromatic heterocycles. The van der Waals surface area contributed by atoms with Gasteiger partial charge in [0.15, 0.2) is 0 Å². The Morgan fingerprint density at radius 2 is 2.31 bits per heavy atom. The fourth-order valence-corrected chi connectivity index (χ4v) is 2.21. The quantitative estimate of drug-likeness (QED) is 0.734. The van der Waals surface area contributed by atoms with Gasteiger partial charge >= 0.3 is 0 Å². The lowest BCUT2D eigenvalue weighted by molar-refractivity contribution is -0.137. The molecule has 94 valence electrons. The summed E-state index contributed by atoms with van der Waals surface area (Å²) in [5, 5.41) is 8.83. The number of likely N-dealkylation sites (tertiary alicyclic amines) is 1. The van der Waals surface area contributed by atoms with Crippen molar-refractivity contribution in [1.82, 2.24) is 4.90 Å². The van der Waals surface area contributed by atoms with Crippen molar-refractivity contribution >= 4 is 5.91 Å². The standard InChI is InChI=1S/C12H24N2O2/c1-3-12(2,13)11(16)14-8-4-6-10(14)7-5-9-15/h10,15H,3-9,13H2,1-2H3. The van der Waals surface area contributed by atoms with E-state index < -0.39 is 5.54 Å². The van der Waals surface area contributed by atoms with Crippen LogP contribution in [0.4, 0.5) is 0 Å². The molecule has 1 heterocycles. The topological polar surface area (TPSA) is 66.6 Å². The molecule has 2 unspecified atom stereocenters. The predicted octanol–water partition coefficient (Wildman–Crippen LogP) is 0.877. The second-order valence-corrected chi connectivity index (χ2v) is 4.93. The summed E-state index contributed by atoms with van der Waals surface area (Å²) in [5.41, 5.74) is 5.26. The Labute approximate surface area is 97.8 Å². The number of rotatable bonds is 5. The van der Waals surface area contributed by atoms with E-state index in [1.54, 1.807) is 6.92 Å². The molecule has 1 saturated heterocycles. The number of aliphatic hydroxyl groups is 1. The molecule has 0 radical (unpaired) electrons. The molecule has 0 spiro atoms. The summed E-state index contributed by atoms with van der Waals surface area (Å²) in [6.07, 6.45) is 4.42. The minimum absolute atomic E-state index is 0.0652. The highest BCUT2D eigenvalue weighted by molar-refractivity contribution is 5.86. The highest BCUT2D eigenvalue weighted by atomic mass is 16.3. The highest BCUT2D eigenvalue weighted by Crippen LogP contribution is 2.24. The third kappa shape index (κ3) is 2.95. The van der Waals surface area contributed by atoms with Gasteiger partial charge in [0.05, 0.1) is 5.54 Å². The number of nitrogens with zero attached hydrogens (tertiary/aromatic N) is 1. The van der Waals surface area contributed by atoms with Gasteiger partial charge in [-0.1, -0.05) is 6.92 Å². The highest BCUT2D eigenvalue weighted by Gasteiger charge is 2.36. The summed E-state index contributed by atoms with van der Waals surface area (Å²) >= 11 is 0. The molecule has 0 aromatic carbocycles. The molecule has 1 fully saturated rings. The van der Waals surface area contributed by atoms with E-state index in [0.717, 1.165) is 32.2 Å². The lowest BCUT2D eigenvalue weighted by atomic mass is 9.97. The molecule has 1 rings (SSSR count). The van der Waals surface area contributed by atoms with Crippen LogP contribution in [-0.2, 0) is 4.79 Å². The van der Waals surface area contributed by atoms with Crippen molar-refractivity contribution in [2.24, 2.45) is 5.73 Å². The number of carbonyl (C=O) groups is 1. The van der Waals surface area contributed by atoms with Crippen LogP contribution >= 0.6 is 0 Å². The third-order valence-electron chi connectivity index (χ3n) is 3.56. The Bertz CT molecular complexity index is 241. The van der Waals surface area contributed by atoms with Gasteiger partial charge in [0.2, 0.25) is 5.91 Å². The van der Waals surface area contributed by atoms with E-state index in [9.17, 15) is 4.79 Å². The van der Waals surface area contributed by atoms with Crippen molar-refractivity contribution in [3.63, 3.8) is 0 Å². The van der Waals surface area contributed by atoms with Crippen LogP contribution in [0.15, 0.2) is 0 Å². The van der Waals surface area contributed by atoms with Gasteiger partial charge in [0.25, 0.3) is 0 Å². The average molecular weight is 228 g/mol. The third-order valence-corrected chi connectivity index (χ3v) is 3.56. The first-order valence-electron chi connectivity index (χ1n) is 6.23. The largest absolute Gasteiger partial charge is 0.396 e. The summed E-state index contributed by atoms with van der Waals surface area (Å²) in [5.74, 6) is 0.0652. The van der Waals surface area contributed by atoms with Gasteiger partial charge in [-0.3, -0.25) is 4.79 Å². The molecule has 4 heteroatoms. The molecule has 2 atom stereocenters. The molecule has 1 amide bonds. The fourth-order valence-electron chi connectivity index (χ4n) is 2.21. The molecule has 0 aliphatic carbocycles. The zero-order valence-corrected chi connectivity index (χ0v) is 10.4. The summed E-state index contributed by atoms with van der Waals surface area (Å²) in [6, 6.07) is 0.286. The summed E-state index contributed by atoms with van der Waals surface area (Å²) < 4.78 is 0. The van der Waals surface area contributed by atoms with E-state index in [1.807, 2.05) is 11.8 Å². The van der Waals surface area contributed by atoms with Gasteiger partial charge in [-0.15, -0.1) is 0 Å². The Kier molecular flexibility index (Phi) is 4.74. The van der Waals surface area contributed by atoms with Gasteiger partial charge in [0.1, 0.15) is 0 Å². The van der Waals surface area contributed by atoms with Crippen molar-refractivity contribution in [3.8, 4) is 0 Å². The molecule has 16 heavy (non-hydrogen) atoms. The van der Waals surface area contributed by atoms with Crippen LogP contribution in [0.5, 0.6) is 0 Å². The number of hydrogen-bond donors (Lipinski definition) is 2. The number of aliphatic hydroxyl groups excluding tert-OH is 1. The molecule has 3 N–H and O–H groups in total. The molecule has 0 aromatic rings. The van der Waals surface area contributed by atoms with Crippen LogP contribution in [0.2, 0.25) is 0 Å². The van der Waals surface area contributed by atoms with Crippen LogP contribution in [0.1, 0.15) is 46.0 Å². The number of carbonyl (C=O) groups excluding carboxylic acids is 1. The number of amides is 1. The summed E-state index contributed by atoms with van der Waals surface area (Å²) in [6.45, 7) is 4.77. The zero-order chi connectivity index (χ0) is 12.2. The Hall–Kier alpha value is -0.610. The van der Waals surface area contributed by atoms with E-state index in [-0.39, 0.29) is 18.6 Å². The average Bonchev–Trinajstić information content (AvgIpc) is 2.73. The van der Waals surface area contributed by atoms with E-state index in [1.165, 1.54) is 0 Å². The Morgan fingerprint density at radius 3 is 2.88 bits per heavy atom. The van der Waals surface area contributed by atoms with Crippen molar-refractivity contribution in [1.29, 1.82) is 0 Å². The SMILES string of the molecule is CCC(C)(N)C(=O)N1CCCC1CCCO. The Balaban J connectivity index is 2.60. The minimum Gasteiger partial charge on any atom is -0.396 e. The van der Waals surface area contributed by atoms with Crippen molar-refractivity contribution in [2.45, 2.75) is 57.5 Å². The monoisotopic (exact) mass is 228 g/mol. The maximum atomic E-state index is 12.2. The molecule has 1 aliphatic heterocycles. The molecule has 0 saturated carbocycles. The van der Waals surface area contributed by atoms with E-state index >= 15 is 0 Å². The lowest BCUT2D eigenvalue weighted by Crippen LogP contribution is -2.54. The molecule has 1 aliphatic rings. The van der Waals surface area contributed by atoms with Gasteiger partial charge in [-0.25, -0.2) is 0 Å². The second kappa shape index (κ2) is 5.64. The Morgan fingerprint density at radius 1 is 1.62 bits per heavy atom. The van der Waals surface area contributed by atoms with Crippen molar-refractivity contribution in [2.75, 3.05) is 13.2 Å². The maximum Gasteiger partial charge on any atom is 0.242 e. The predicted molar refractivity (Wildman–Crippen MR) is 63.9 cm³/mol. The van der Waals surface area contributed by atoms with Crippen molar-refractivity contribution < 1.29 is 9.90 Å². The first kappa shape index (κ1) is 13.5. The smallest absolute Gasteiger partial charge is 0.242 e. The van der Waals surface area contributed by atoms with Crippen LogP contribution in [-0.4, -0.2) is 40.6 Å². The van der Waals surface area contributed by atoms with E-state index in [0.29, 0.717) is 6.42 Å². The van der Waals surface area contributed by atoms with Gasteiger partial charge in [-0.05, 0) is 39.0 Å². The summed E-state index contributed by atoms with van der Waals surface area (Å²) in [4.78, 5) is 14.1. The minimum atomic E-state index is -0.734. The van der Waals surface area contributed by atoms with Crippen LogP contribution in [0, 0.1) is 0 Å². The van der Waals surface area contributed by atoms with Crippen LogP contribution < -0.4 is 5.73 Å². The zero-order valence-electron chi connectivity index (χ0n) is 10.4. The number of nitrogens with two attached hydrogens (primary N) is 1. The fraction of sp³-hybridized carbons (Fsp3) is 0.917. The van der Waals surface area contributed by atoms with Gasteiger partial charge in [0, 0.05) is 19.2 Å². The number of hydrogen-bond acceptors (Lipinski definition) is 3. The van der Waals surface area contributed by atoms with Crippen molar-refractivity contribution in [3.05, 3.63) is 0 Å². The molecular formula is C12H24N2O2. The van der Waals surface area contributed by atoms with Gasteiger partial charge in [-0.2, -0.15) is 0 Å². The van der Waals surface area contributed by atoms with E-state index in [2.05, 4.69) is 0 Å². The first-order chi connectivity index (χ1) is 7.53. The van der Waals surface area contributed by atoms with Gasteiger partial charge < -0.3 is 15.7 Å². The molecule has 4 nitrogen and oxygen atoms in total. The maximum absolute atomic E-state index is 12.2. The van der Waals surface area contributed by atoms with Crippen LogP contribution in [0.25, 0.3) is 0 Å². The normalized spacial score (nSPS) is 24.5. The summed E-state index contributed by atoms with van der Waals surface area (Å²) in [7, 11) is 0.